The van der Waals surface area contributed by atoms with E-state index in [4.69, 9.17) is 14.7 Å². The van der Waals surface area contributed by atoms with Crippen molar-refractivity contribution < 1.29 is 19.1 Å². The molecule has 0 aromatic rings. The van der Waals surface area contributed by atoms with Crippen LogP contribution in [-0.4, -0.2) is 41.8 Å². The van der Waals surface area contributed by atoms with Crippen LogP contribution in [0, 0.1) is 11.3 Å². The number of carbonyl (C=O) groups is 2. The number of allylic oxidation sites excluding steroid dienone is 1. The summed E-state index contributed by atoms with van der Waals surface area (Å²) < 4.78 is 10.3. The number of esters is 1. The minimum atomic E-state index is -0.729. The highest BCUT2D eigenvalue weighted by Gasteiger charge is 2.37. The highest BCUT2D eigenvalue weighted by atomic mass is 16.6. The van der Waals surface area contributed by atoms with Gasteiger partial charge in [0.05, 0.1) is 12.7 Å². The first kappa shape index (κ1) is 17.0. The van der Waals surface area contributed by atoms with Crippen LogP contribution < -0.4 is 0 Å². The van der Waals surface area contributed by atoms with Gasteiger partial charge < -0.3 is 9.47 Å². The van der Waals surface area contributed by atoms with E-state index in [9.17, 15) is 9.59 Å². The van der Waals surface area contributed by atoms with Crippen LogP contribution >= 0.6 is 0 Å². The number of piperidine rings is 1. The lowest BCUT2D eigenvalue weighted by Gasteiger charge is -2.36. The first-order valence-electron chi connectivity index (χ1n) is 7.02. The predicted octanol–water partition coefficient (Wildman–Crippen LogP) is 2.40. The summed E-state index contributed by atoms with van der Waals surface area (Å²) in [4.78, 5) is 25.6. The van der Waals surface area contributed by atoms with Gasteiger partial charge in [0.1, 0.15) is 11.6 Å². The van der Waals surface area contributed by atoms with Crippen molar-refractivity contribution in [1.82, 2.24) is 4.90 Å². The number of rotatable bonds is 2. The van der Waals surface area contributed by atoms with Crippen molar-refractivity contribution in [2.24, 2.45) is 0 Å². The summed E-state index contributed by atoms with van der Waals surface area (Å²) in [5.41, 5.74) is 0.217. The van der Waals surface area contributed by atoms with E-state index in [1.807, 2.05) is 6.07 Å². The van der Waals surface area contributed by atoms with E-state index in [-0.39, 0.29) is 6.61 Å². The van der Waals surface area contributed by atoms with Crippen molar-refractivity contribution in [3.63, 3.8) is 0 Å². The maximum absolute atomic E-state index is 12.2. The van der Waals surface area contributed by atoms with Crippen molar-refractivity contribution in [1.29, 1.82) is 5.26 Å². The number of carbonyl (C=O) groups excluding carboxylic acids is 2. The summed E-state index contributed by atoms with van der Waals surface area (Å²) >= 11 is 0. The molecule has 1 rings (SSSR count). The molecular formula is C15H22N2O4. The van der Waals surface area contributed by atoms with Crippen LogP contribution in [0.1, 0.15) is 40.5 Å². The lowest BCUT2D eigenvalue weighted by molar-refractivity contribution is -0.149. The number of hydrogen-bond donors (Lipinski definition) is 0. The minimum Gasteiger partial charge on any atom is -0.464 e. The minimum absolute atomic E-state index is 0.245. The van der Waals surface area contributed by atoms with Gasteiger partial charge in [0.2, 0.25) is 0 Å². The Hall–Kier alpha value is -2.03. The second-order valence-electron chi connectivity index (χ2n) is 5.83. The third-order valence-corrected chi connectivity index (χ3v) is 2.96. The number of ether oxygens (including phenoxy) is 2. The van der Waals surface area contributed by atoms with Crippen LogP contribution in [0.5, 0.6) is 0 Å². The molecule has 1 unspecified atom stereocenters. The molecule has 1 aliphatic heterocycles. The summed E-state index contributed by atoms with van der Waals surface area (Å²) in [6, 6.07) is 1.23. The van der Waals surface area contributed by atoms with Crippen molar-refractivity contribution >= 4 is 12.1 Å². The van der Waals surface area contributed by atoms with E-state index in [1.54, 1.807) is 27.7 Å². The molecule has 21 heavy (non-hydrogen) atoms. The molecule has 0 aromatic heterocycles. The van der Waals surface area contributed by atoms with E-state index in [1.165, 1.54) is 11.0 Å². The van der Waals surface area contributed by atoms with Gasteiger partial charge in [-0.1, -0.05) is 5.57 Å². The molecule has 1 fully saturated rings. The van der Waals surface area contributed by atoms with Crippen LogP contribution in [0.4, 0.5) is 4.79 Å². The van der Waals surface area contributed by atoms with Gasteiger partial charge in [-0.2, -0.15) is 5.26 Å². The van der Waals surface area contributed by atoms with Crippen molar-refractivity contribution in [2.75, 3.05) is 13.2 Å². The molecule has 0 aliphatic carbocycles. The fourth-order valence-electron chi connectivity index (χ4n) is 2.09. The lowest BCUT2D eigenvalue weighted by Crippen LogP contribution is -2.50. The number of likely N-dealkylation sites (tertiary alicyclic amines) is 1. The second-order valence-corrected chi connectivity index (χ2v) is 5.83. The van der Waals surface area contributed by atoms with Crippen LogP contribution in [0.2, 0.25) is 0 Å². The fraction of sp³-hybridized carbons (Fsp3) is 0.667. The Morgan fingerprint density at radius 3 is 2.67 bits per heavy atom. The van der Waals surface area contributed by atoms with Crippen molar-refractivity contribution in [2.45, 2.75) is 52.2 Å². The first-order valence-corrected chi connectivity index (χ1v) is 7.02. The quantitative estimate of drug-likeness (QED) is 0.577. The maximum atomic E-state index is 12.2. The third kappa shape index (κ3) is 5.10. The molecule has 0 spiro atoms. The highest BCUT2D eigenvalue weighted by molar-refractivity contribution is 5.82. The smallest absolute Gasteiger partial charge is 0.411 e. The van der Waals surface area contributed by atoms with Gasteiger partial charge in [-0.15, -0.1) is 0 Å². The van der Waals surface area contributed by atoms with Crippen LogP contribution in [-0.2, 0) is 14.3 Å². The standard InChI is InChI=1S/C15H22N2O4/c1-5-20-13(18)12-10-11(6-8-16)7-9-17(12)14(19)21-15(2,3)4/h6,12H,5,7,9-10H2,1-4H3. The first-order chi connectivity index (χ1) is 9.78. The Labute approximate surface area is 125 Å². The van der Waals surface area contributed by atoms with Crippen molar-refractivity contribution in [3.8, 4) is 6.07 Å². The lowest BCUT2D eigenvalue weighted by atomic mass is 9.96. The third-order valence-electron chi connectivity index (χ3n) is 2.96. The molecule has 6 nitrogen and oxygen atoms in total. The Kier molecular flexibility index (Phi) is 5.77. The molecular weight excluding hydrogens is 272 g/mol. The van der Waals surface area contributed by atoms with Crippen LogP contribution in [0.25, 0.3) is 0 Å². The molecule has 1 saturated heterocycles. The molecule has 0 saturated carbocycles. The van der Waals surface area contributed by atoms with Crippen molar-refractivity contribution in [3.05, 3.63) is 11.6 Å². The predicted molar refractivity (Wildman–Crippen MR) is 76.3 cm³/mol. The number of nitrogens with zero attached hydrogens (tertiary/aromatic N) is 2. The zero-order valence-corrected chi connectivity index (χ0v) is 13.0. The van der Waals surface area contributed by atoms with E-state index in [0.29, 0.717) is 19.4 Å². The Morgan fingerprint density at radius 2 is 2.14 bits per heavy atom. The summed E-state index contributed by atoms with van der Waals surface area (Å²) in [5, 5.41) is 8.73. The fourth-order valence-corrected chi connectivity index (χ4v) is 2.09. The van der Waals surface area contributed by atoms with Gasteiger partial charge in [0, 0.05) is 19.0 Å². The van der Waals surface area contributed by atoms with E-state index in [2.05, 4.69) is 0 Å². The molecule has 1 aliphatic rings. The maximum Gasteiger partial charge on any atom is 0.411 e. The average molecular weight is 294 g/mol. The normalized spacial score (nSPS) is 20.8. The Balaban J connectivity index is 2.90. The number of nitriles is 1. The van der Waals surface area contributed by atoms with Gasteiger partial charge in [0.25, 0.3) is 0 Å². The molecule has 0 aromatic carbocycles. The summed E-state index contributed by atoms with van der Waals surface area (Å²) in [5.74, 6) is -0.466. The molecule has 1 heterocycles. The molecule has 1 amide bonds. The largest absolute Gasteiger partial charge is 0.464 e. The molecule has 0 N–H and O–H groups in total. The monoisotopic (exact) mass is 294 g/mol. The van der Waals surface area contributed by atoms with Gasteiger partial charge in [-0.25, -0.2) is 9.59 Å². The molecule has 116 valence electrons. The Morgan fingerprint density at radius 1 is 1.48 bits per heavy atom. The SMILES string of the molecule is CCOC(=O)C1CC(=CC#N)CCN1C(=O)OC(C)(C)C. The van der Waals surface area contributed by atoms with Gasteiger partial charge in [0.15, 0.2) is 0 Å². The molecule has 0 radical (unpaired) electrons. The van der Waals surface area contributed by atoms with Crippen LogP contribution in [0.15, 0.2) is 11.6 Å². The molecule has 6 heteroatoms. The Bertz CT molecular complexity index is 471. The zero-order valence-electron chi connectivity index (χ0n) is 13.0. The average Bonchev–Trinajstić information content (AvgIpc) is 2.37. The molecule has 0 bridgehead atoms. The molecule has 1 atom stereocenters. The second kappa shape index (κ2) is 7.11. The highest BCUT2D eigenvalue weighted by Crippen LogP contribution is 2.25. The zero-order chi connectivity index (χ0) is 16.0. The van der Waals surface area contributed by atoms with E-state index < -0.39 is 23.7 Å². The summed E-state index contributed by atoms with van der Waals surface area (Å²) in [6.07, 6.45) is 1.77. The van der Waals surface area contributed by atoms with Crippen LogP contribution in [0.3, 0.4) is 0 Å². The van der Waals surface area contributed by atoms with E-state index >= 15 is 0 Å². The van der Waals surface area contributed by atoms with E-state index in [0.717, 1.165) is 5.57 Å². The summed E-state index contributed by atoms with van der Waals surface area (Å²) in [7, 11) is 0. The van der Waals surface area contributed by atoms with Gasteiger partial charge >= 0.3 is 12.1 Å². The summed E-state index contributed by atoms with van der Waals surface area (Å²) in [6.45, 7) is 7.62. The van der Waals surface area contributed by atoms with Gasteiger partial charge in [-0.3, -0.25) is 4.90 Å². The van der Waals surface area contributed by atoms with Gasteiger partial charge in [-0.05, 0) is 34.1 Å². The number of hydrogen-bond acceptors (Lipinski definition) is 5. The number of amides is 1. The topological polar surface area (TPSA) is 79.6 Å².